The Kier molecular flexibility index (Phi) is 6.02. The molecule has 2 fully saturated rings. The van der Waals surface area contributed by atoms with Crippen molar-refractivity contribution in [3.05, 3.63) is 34.2 Å². The zero-order valence-electron chi connectivity index (χ0n) is 16.6. The number of hydrogen-bond donors (Lipinski definition) is 0. The van der Waals surface area contributed by atoms with Gasteiger partial charge in [0.25, 0.3) is 11.5 Å². The molecule has 6 nitrogen and oxygen atoms in total. The minimum atomic E-state index is -0.135. The number of aryl methyl sites for hydroxylation is 1. The fraction of sp³-hybridized carbons (Fsp3) is 0.667. The molecule has 3 rings (SSSR count). The first-order valence-corrected chi connectivity index (χ1v) is 10.3. The van der Waals surface area contributed by atoms with Crippen molar-refractivity contribution in [3.8, 4) is 0 Å². The van der Waals surface area contributed by atoms with Gasteiger partial charge in [-0.3, -0.25) is 14.4 Å². The van der Waals surface area contributed by atoms with Crippen molar-refractivity contribution in [3.63, 3.8) is 0 Å². The molecule has 1 aromatic rings. The summed E-state index contributed by atoms with van der Waals surface area (Å²) >= 11 is 0. The Labute approximate surface area is 161 Å². The van der Waals surface area contributed by atoms with Crippen LogP contribution in [-0.4, -0.2) is 52.4 Å². The van der Waals surface area contributed by atoms with Gasteiger partial charge in [0.15, 0.2) is 0 Å². The lowest BCUT2D eigenvalue weighted by atomic mass is 9.73. The molecule has 6 heteroatoms. The van der Waals surface area contributed by atoms with Gasteiger partial charge >= 0.3 is 0 Å². The molecule has 2 amide bonds. The van der Waals surface area contributed by atoms with E-state index in [9.17, 15) is 14.4 Å². The van der Waals surface area contributed by atoms with E-state index in [2.05, 4.69) is 6.92 Å². The molecular formula is C21H31N3O3. The monoisotopic (exact) mass is 373 g/mol. The molecule has 1 spiro atoms. The number of likely N-dealkylation sites (tertiary alicyclic amines) is 2. The molecule has 2 saturated heterocycles. The fourth-order valence-electron chi connectivity index (χ4n) is 4.45. The summed E-state index contributed by atoms with van der Waals surface area (Å²) in [7, 11) is 0. The third kappa shape index (κ3) is 4.25. The fourth-order valence-corrected chi connectivity index (χ4v) is 4.45. The first kappa shape index (κ1) is 19.6. The van der Waals surface area contributed by atoms with Gasteiger partial charge in [0.2, 0.25) is 5.91 Å². The van der Waals surface area contributed by atoms with E-state index in [1.54, 1.807) is 16.8 Å². The van der Waals surface area contributed by atoms with E-state index < -0.39 is 0 Å². The molecule has 0 bridgehead atoms. The maximum Gasteiger partial charge on any atom is 0.254 e. The quantitative estimate of drug-likeness (QED) is 0.797. The maximum absolute atomic E-state index is 13.0. The molecule has 1 aromatic heterocycles. The van der Waals surface area contributed by atoms with Crippen LogP contribution >= 0.6 is 0 Å². The summed E-state index contributed by atoms with van der Waals surface area (Å²) < 4.78 is 1.59. The van der Waals surface area contributed by atoms with Crippen molar-refractivity contribution >= 4 is 11.8 Å². The zero-order chi connectivity index (χ0) is 19.4. The first-order chi connectivity index (χ1) is 13.0. The van der Waals surface area contributed by atoms with Gasteiger partial charge < -0.3 is 14.4 Å². The molecule has 0 saturated carbocycles. The van der Waals surface area contributed by atoms with Gasteiger partial charge in [-0.05, 0) is 38.7 Å². The van der Waals surface area contributed by atoms with Crippen LogP contribution in [0.1, 0.15) is 62.7 Å². The van der Waals surface area contributed by atoms with E-state index in [4.69, 9.17) is 0 Å². The maximum atomic E-state index is 13.0. The van der Waals surface area contributed by atoms with Gasteiger partial charge in [-0.15, -0.1) is 0 Å². The van der Waals surface area contributed by atoms with Crippen molar-refractivity contribution in [2.24, 2.45) is 5.41 Å². The zero-order valence-corrected chi connectivity index (χ0v) is 16.6. The van der Waals surface area contributed by atoms with Gasteiger partial charge in [0.05, 0.1) is 0 Å². The van der Waals surface area contributed by atoms with E-state index in [-0.39, 0.29) is 22.8 Å². The topological polar surface area (TPSA) is 62.6 Å². The summed E-state index contributed by atoms with van der Waals surface area (Å²) in [5, 5.41) is 0. The van der Waals surface area contributed by atoms with Crippen LogP contribution in [0.3, 0.4) is 0 Å². The Morgan fingerprint density at radius 1 is 1.19 bits per heavy atom. The first-order valence-electron chi connectivity index (χ1n) is 10.3. The van der Waals surface area contributed by atoms with Crippen LogP contribution in [-0.2, 0) is 11.3 Å². The predicted molar refractivity (Wildman–Crippen MR) is 105 cm³/mol. The Hall–Kier alpha value is -2.11. The molecular weight excluding hydrogens is 342 g/mol. The normalized spacial score (nSPS) is 23.1. The average molecular weight is 373 g/mol. The predicted octanol–water partition coefficient (Wildman–Crippen LogP) is 2.51. The Morgan fingerprint density at radius 3 is 2.70 bits per heavy atom. The van der Waals surface area contributed by atoms with E-state index in [1.807, 2.05) is 16.7 Å². The van der Waals surface area contributed by atoms with Gasteiger partial charge in [0.1, 0.15) is 0 Å². The number of pyridine rings is 1. The number of carbonyl (C=O) groups excluding carboxylic acids is 2. The number of unbranched alkanes of at least 4 members (excludes halogenated alkanes) is 1. The number of amides is 2. The van der Waals surface area contributed by atoms with Gasteiger partial charge in [-0.2, -0.15) is 0 Å². The third-order valence-corrected chi connectivity index (χ3v) is 6.06. The number of carbonyl (C=O) groups is 2. The standard InChI is InChI=1S/C21H31N3O3/c1-3-5-11-23-15-21(10-7-18(23)25)9-6-12-24(16-21)20(27)17-8-13-22(4-2)19(26)14-17/h8,13-14H,3-7,9-12,15-16H2,1-2H3/t21-/m1/s1. The minimum absolute atomic E-state index is 0.00790. The number of rotatable bonds is 5. The van der Waals surface area contributed by atoms with Crippen LogP contribution < -0.4 is 5.56 Å². The summed E-state index contributed by atoms with van der Waals surface area (Å²) in [6.45, 7) is 7.62. The molecule has 2 aliphatic rings. The van der Waals surface area contributed by atoms with Crippen molar-refractivity contribution < 1.29 is 9.59 Å². The molecule has 0 radical (unpaired) electrons. The number of hydrogen-bond acceptors (Lipinski definition) is 3. The van der Waals surface area contributed by atoms with E-state index in [0.29, 0.717) is 25.1 Å². The molecule has 0 unspecified atom stereocenters. The van der Waals surface area contributed by atoms with Crippen LogP contribution in [0.15, 0.2) is 23.1 Å². The van der Waals surface area contributed by atoms with E-state index in [1.165, 1.54) is 6.07 Å². The average Bonchev–Trinajstić information content (AvgIpc) is 2.68. The van der Waals surface area contributed by atoms with Crippen LogP contribution in [0, 0.1) is 5.41 Å². The second-order valence-corrected chi connectivity index (χ2v) is 8.04. The molecule has 0 N–H and O–H groups in total. The van der Waals surface area contributed by atoms with E-state index in [0.717, 1.165) is 51.7 Å². The lowest BCUT2D eigenvalue weighted by Gasteiger charge is -2.48. The van der Waals surface area contributed by atoms with E-state index >= 15 is 0 Å². The van der Waals surface area contributed by atoms with Gasteiger partial charge in [-0.25, -0.2) is 0 Å². The SMILES string of the molecule is CCCCN1C[C@@]2(CCCN(C(=O)c3ccn(CC)c(=O)c3)C2)CCC1=O. The van der Waals surface area contributed by atoms with Crippen molar-refractivity contribution in [2.45, 2.75) is 58.9 Å². The number of piperidine rings is 2. The highest BCUT2D eigenvalue weighted by atomic mass is 16.2. The van der Waals surface area contributed by atoms with Gasteiger partial charge in [-0.1, -0.05) is 13.3 Å². The number of aromatic nitrogens is 1. The highest BCUT2D eigenvalue weighted by Gasteiger charge is 2.42. The summed E-state index contributed by atoms with van der Waals surface area (Å²) in [6, 6.07) is 3.19. The molecule has 27 heavy (non-hydrogen) atoms. The second kappa shape index (κ2) is 8.28. The largest absolute Gasteiger partial charge is 0.342 e. The van der Waals surface area contributed by atoms with Crippen LogP contribution in [0.4, 0.5) is 0 Å². The van der Waals surface area contributed by atoms with Crippen molar-refractivity contribution in [2.75, 3.05) is 26.2 Å². The number of nitrogens with zero attached hydrogens (tertiary/aromatic N) is 3. The Bertz CT molecular complexity index is 757. The molecule has 2 aliphatic heterocycles. The molecule has 0 aliphatic carbocycles. The Morgan fingerprint density at radius 2 is 2.00 bits per heavy atom. The van der Waals surface area contributed by atoms with Crippen LogP contribution in [0.5, 0.6) is 0 Å². The molecule has 0 aromatic carbocycles. The summed E-state index contributed by atoms with van der Waals surface area (Å²) in [5.41, 5.74) is 0.342. The summed E-state index contributed by atoms with van der Waals surface area (Å²) in [6.07, 6.45) is 7.25. The van der Waals surface area contributed by atoms with Gasteiger partial charge in [0, 0.05) is 62.4 Å². The van der Waals surface area contributed by atoms with Crippen LogP contribution in [0.25, 0.3) is 0 Å². The van der Waals surface area contributed by atoms with Crippen LogP contribution in [0.2, 0.25) is 0 Å². The third-order valence-electron chi connectivity index (χ3n) is 6.06. The minimum Gasteiger partial charge on any atom is -0.342 e. The molecule has 148 valence electrons. The second-order valence-electron chi connectivity index (χ2n) is 8.04. The molecule has 3 heterocycles. The Balaban J connectivity index is 1.73. The smallest absolute Gasteiger partial charge is 0.254 e. The highest BCUT2D eigenvalue weighted by molar-refractivity contribution is 5.94. The van der Waals surface area contributed by atoms with Crippen molar-refractivity contribution in [1.82, 2.24) is 14.4 Å². The highest BCUT2D eigenvalue weighted by Crippen LogP contribution is 2.39. The summed E-state index contributed by atoms with van der Waals surface area (Å²) in [4.78, 5) is 41.2. The molecule has 1 atom stereocenters. The van der Waals surface area contributed by atoms with Crippen molar-refractivity contribution in [1.29, 1.82) is 0 Å². The lowest BCUT2D eigenvalue weighted by molar-refractivity contribution is -0.139. The lowest BCUT2D eigenvalue weighted by Crippen LogP contribution is -2.55. The summed E-state index contributed by atoms with van der Waals surface area (Å²) in [5.74, 6) is 0.187.